The lowest BCUT2D eigenvalue weighted by Gasteiger charge is -2.12. The number of carbonyl (C=O) groups excluding carboxylic acids is 4. The second-order valence-corrected chi connectivity index (χ2v) is 7.87. The number of methoxy groups -OCH3 is 2. The van der Waals surface area contributed by atoms with Crippen LogP contribution >= 0.6 is 0 Å². The highest BCUT2D eigenvalue weighted by Gasteiger charge is 2.36. The molecule has 0 radical (unpaired) electrons. The molecule has 2 aromatic carbocycles. The van der Waals surface area contributed by atoms with E-state index >= 15 is 0 Å². The third-order valence-corrected chi connectivity index (χ3v) is 5.66. The quantitative estimate of drug-likeness (QED) is 0.501. The number of nitrogens with zero attached hydrogens (tertiary/aromatic N) is 2. The van der Waals surface area contributed by atoms with Crippen molar-refractivity contribution in [1.82, 2.24) is 9.78 Å². The van der Waals surface area contributed by atoms with Crippen molar-refractivity contribution in [3.05, 3.63) is 65.4 Å². The molecule has 0 saturated carbocycles. The van der Waals surface area contributed by atoms with Gasteiger partial charge in [0.05, 0.1) is 37.5 Å². The highest BCUT2D eigenvalue weighted by Crippen LogP contribution is 2.38. The SMILES string of the molecule is CCc1nn2c(c1-c1ccccc1)NC(=O)C2CC(=O)Nc1cc(C(=O)OC)cc(C(=O)OC)c1. The number of aromatic nitrogens is 2. The third-order valence-electron chi connectivity index (χ3n) is 5.66. The van der Waals surface area contributed by atoms with Crippen molar-refractivity contribution in [3.8, 4) is 11.1 Å². The Hall–Kier alpha value is -4.47. The maximum atomic E-state index is 12.9. The molecule has 1 aliphatic rings. The molecule has 0 bridgehead atoms. The smallest absolute Gasteiger partial charge is 0.337 e. The zero-order valence-electron chi connectivity index (χ0n) is 19.5. The number of amides is 2. The van der Waals surface area contributed by atoms with Gasteiger partial charge in [-0.3, -0.25) is 9.59 Å². The van der Waals surface area contributed by atoms with Gasteiger partial charge < -0.3 is 20.1 Å². The van der Waals surface area contributed by atoms with Gasteiger partial charge in [-0.05, 0) is 30.2 Å². The van der Waals surface area contributed by atoms with Crippen LogP contribution in [0.2, 0.25) is 0 Å². The molecular weight excluding hydrogens is 452 g/mol. The fourth-order valence-corrected chi connectivity index (χ4v) is 4.03. The Kier molecular flexibility index (Phi) is 6.63. The van der Waals surface area contributed by atoms with Crippen LogP contribution < -0.4 is 10.6 Å². The van der Waals surface area contributed by atoms with E-state index < -0.39 is 23.9 Å². The van der Waals surface area contributed by atoms with Gasteiger partial charge in [-0.1, -0.05) is 37.3 Å². The minimum Gasteiger partial charge on any atom is -0.465 e. The lowest BCUT2D eigenvalue weighted by molar-refractivity contribution is -0.123. The number of nitrogens with one attached hydrogen (secondary N) is 2. The topological polar surface area (TPSA) is 129 Å². The Bertz CT molecular complexity index is 1280. The summed E-state index contributed by atoms with van der Waals surface area (Å²) in [6.45, 7) is 1.97. The van der Waals surface area contributed by atoms with Gasteiger partial charge in [0.2, 0.25) is 5.91 Å². The molecule has 2 amide bonds. The molecule has 0 aliphatic carbocycles. The predicted octanol–water partition coefficient (Wildman–Crippen LogP) is 3.21. The van der Waals surface area contributed by atoms with E-state index in [1.807, 2.05) is 37.3 Å². The number of aryl methyl sites for hydroxylation is 1. The van der Waals surface area contributed by atoms with Crippen molar-refractivity contribution in [3.63, 3.8) is 0 Å². The fourth-order valence-electron chi connectivity index (χ4n) is 4.03. The molecule has 0 fully saturated rings. The van der Waals surface area contributed by atoms with Crippen molar-refractivity contribution in [2.45, 2.75) is 25.8 Å². The number of carbonyl (C=O) groups is 4. The van der Waals surface area contributed by atoms with Gasteiger partial charge in [-0.2, -0.15) is 5.10 Å². The lowest BCUT2D eigenvalue weighted by atomic mass is 10.0. The summed E-state index contributed by atoms with van der Waals surface area (Å²) in [5, 5.41) is 10.1. The average molecular weight is 476 g/mol. The van der Waals surface area contributed by atoms with Crippen molar-refractivity contribution in [2.24, 2.45) is 0 Å². The third kappa shape index (κ3) is 4.63. The molecule has 0 spiro atoms. The first-order valence-corrected chi connectivity index (χ1v) is 11.0. The maximum Gasteiger partial charge on any atom is 0.337 e. The highest BCUT2D eigenvalue weighted by atomic mass is 16.5. The highest BCUT2D eigenvalue weighted by molar-refractivity contribution is 6.05. The van der Waals surface area contributed by atoms with Crippen LogP contribution in [-0.4, -0.2) is 47.8 Å². The molecular formula is C25H24N4O6. The first kappa shape index (κ1) is 23.7. The molecule has 10 heteroatoms. The predicted molar refractivity (Wildman–Crippen MR) is 127 cm³/mol. The molecule has 1 aromatic heterocycles. The Morgan fingerprint density at radius 2 is 1.66 bits per heavy atom. The molecule has 3 aromatic rings. The van der Waals surface area contributed by atoms with Crippen molar-refractivity contribution >= 4 is 35.3 Å². The number of hydrogen-bond acceptors (Lipinski definition) is 7. The second kappa shape index (κ2) is 9.80. The minimum atomic E-state index is -0.850. The van der Waals surface area contributed by atoms with Gasteiger partial charge in [0.15, 0.2) is 0 Å². The van der Waals surface area contributed by atoms with Crippen LogP contribution in [0.15, 0.2) is 48.5 Å². The van der Waals surface area contributed by atoms with Gasteiger partial charge in [0.1, 0.15) is 11.9 Å². The van der Waals surface area contributed by atoms with E-state index in [2.05, 4.69) is 15.7 Å². The lowest BCUT2D eigenvalue weighted by Crippen LogP contribution is -2.24. The zero-order chi connectivity index (χ0) is 25.1. The Labute approximate surface area is 201 Å². The van der Waals surface area contributed by atoms with Crippen LogP contribution in [0.3, 0.4) is 0 Å². The van der Waals surface area contributed by atoms with Crippen molar-refractivity contribution < 1.29 is 28.7 Å². The van der Waals surface area contributed by atoms with Crippen molar-refractivity contribution in [2.75, 3.05) is 24.9 Å². The second-order valence-electron chi connectivity index (χ2n) is 7.87. The molecule has 1 atom stereocenters. The summed E-state index contributed by atoms with van der Waals surface area (Å²) in [6.07, 6.45) is 0.448. The Morgan fingerprint density at radius 1 is 1.03 bits per heavy atom. The number of esters is 2. The molecule has 35 heavy (non-hydrogen) atoms. The summed E-state index contributed by atoms with van der Waals surface area (Å²) in [6, 6.07) is 12.8. The van der Waals surface area contributed by atoms with Crippen molar-refractivity contribution in [1.29, 1.82) is 0 Å². The van der Waals surface area contributed by atoms with Gasteiger partial charge in [-0.25, -0.2) is 14.3 Å². The number of fused-ring (bicyclic) bond motifs is 1. The van der Waals surface area contributed by atoms with Crippen LogP contribution in [0.25, 0.3) is 11.1 Å². The normalized spacial score (nSPS) is 14.1. The molecule has 0 saturated heterocycles. The minimum absolute atomic E-state index is 0.0683. The summed E-state index contributed by atoms with van der Waals surface area (Å²) in [5.41, 5.74) is 2.89. The fraction of sp³-hybridized carbons (Fsp3) is 0.240. The van der Waals surface area contributed by atoms with Crippen LogP contribution in [0.5, 0.6) is 0 Å². The number of ether oxygens (including phenoxy) is 2. The Balaban J connectivity index is 1.60. The van der Waals surface area contributed by atoms with E-state index in [9.17, 15) is 19.2 Å². The molecule has 4 rings (SSSR count). The van der Waals surface area contributed by atoms with Gasteiger partial charge in [0, 0.05) is 11.3 Å². The molecule has 1 unspecified atom stereocenters. The van der Waals surface area contributed by atoms with E-state index in [0.29, 0.717) is 12.2 Å². The van der Waals surface area contributed by atoms with Crippen LogP contribution in [-0.2, 0) is 25.5 Å². The van der Waals surface area contributed by atoms with E-state index in [0.717, 1.165) is 16.8 Å². The van der Waals surface area contributed by atoms with Gasteiger partial charge in [-0.15, -0.1) is 0 Å². The van der Waals surface area contributed by atoms with Gasteiger partial charge in [0.25, 0.3) is 5.91 Å². The summed E-state index contributed by atoms with van der Waals surface area (Å²) >= 11 is 0. The zero-order valence-corrected chi connectivity index (χ0v) is 19.5. The summed E-state index contributed by atoms with van der Waals surface area (Å²) < 4.78 is 11.0. The van der Waals surface area contributed by atoms with E-state index in [4.69, 9.17) is 9.47 Å². The van der Waals surface area contributed by atoms with E-state index in [-0.39, 0.29) is 29.1 Å². The van der Waals surface area contributed by atoms with Crippen LogP contribution in [0.1, 0.15) is 45.8 Å². The van der Waals surface area contributed by atoms with Crippen LogP contribution in [0.4, 0.5) is 11.5 Å². The molecule has 2 heterocycles. The molecule has 2 N–H and O–H groups in total. The molecule has 180 valence electrons. The number of anilines is 2. The summed E-state index contributed by atoms with van der Waals surface area (Å²) in [5.74, 6) is -1.64. The standard InChI is InChI=1S/C25H24N4O6/c1-4-18-21(14-8-6-5-7-9-14)22-27-23(31)19(29(22)28-18)13-20(30)26-17-11-15(24(32)34-2)10-16(12-17)25(33)35-3/h5-12,19H,4,13H2,1-3H3,(H,26,30)(H,27,31). The molecule has 1 aliphatic heterocycles. The van der Waals surface area contributed by atoms with E-state index in [1.165, 1.54) is 32.4 Å². The Morgan fingerprint density at radius 3 is 2.23 bits per heavy atom. The maximum absolute atomic E-state index is 12.9. The largest absolute Gasteiger partial charge is 0.465 e. The first-order chi connectivity index (χ1) is 16.9. The number of hydrogen-bond donors (Lipinski definition) is 2. The summed E-state index contributed by atoms with van der Waals surface area (Å²) in [7, 11) is 2.42. The summed E-state index contributed by atoms with van der Waals surface area (Å²) in [4.78, 5) is 49.6. The number of rotatable bonds is 7. The van der Waals surface area contributed by atoms with Crippen LogP contribution in [0, 0.1) is 0 Å². The first-order valence-electron chi connectivity index (χ1n) is 11.0. The van der Waals surface area contributed by atoms with E-state index in [1.54, 1.807) is 4.68 Å². The monoisotopic (exact) mass is 476 g/mol. The van der Waals surface area contributed by atoms with Gasteiger partial charge >= 0.3 is 11.9 Å². The molecule has 10 nitrogen and oxygen atoms in total. The average Bonchev–Trinajstić information content (AvgIpc) is 3.37. The number of benzene rings is 2.